The number of hydrogen-bond acceptors (Lipinski definition) is 0. The molecular weight excluding hydrogens is 153 g/mol. The van der Waals surface area contributed by atoms with Crippen LogP contribution in [-0.4, -0.2) is 6.18 Å². The van der Waals surface area contributed by atoms with E-state index in [0.29, 0.717) is 6.42 Å². The zero-order valence-electron chi connectivity index (χ0n) is 7.20. The quantitative estimate of drug-likeness (QED) is 0.603. The second kappa shape index (κ2) is 3.98. The monoisotopic (exact) mass is 168 g/mol. The van der Waals surface area contributed by atoms with Gasteiger partial charge in [-0.2, -0.15) is 13.2 Å². The fraction of sp³-hybridized carbons (Fsp3) is 1.00. The SMILES string of the molecule is CCC([C@@H](C)CC)C(F)(F)F. The van der Waals surface area contributed by atoms with Crippen LogP contribution in [0.1, 0.15) is 33.6 Å². The highest BCUT2D eigenvalue weighted by Crippen LogP contribution is 2.35. The van der Waals surface area contributed by atoms with Gasteiger partial charge in [-0.25, -0.2) is 0 Å². The Morgan fingerprint density at radius 3 is 1.64 bits per heavy atom. The highest BCUT2D eigenvalue weighted by Gasteiger charge is 2.40. The van der Waals surface area contributed by atoms with E-state index in [1.807, 2.05) is 0 Å². The van der Waals surface area contributed by atoms with Gasteiger partial charge in [0.1, 0.15) is 0 Å². The lowest BCUT2D eigenvalue weighted by molar-refractivity contribution is -0.188. The Bertz CT molecular complexity index is 106. The van der Waals surface area contributed by atoms with E-state index in [4.69, 9.17) is 0 Å². The molecule has 0 spiro atoms. The van der Waals surface area contributed by atoms with E-state index < -0.39 is 12.1 Å². The molecular formula is C8H15F3. The lowest BCUT2D eigenvalue weighted by Gasteiger charge is -2.23. The Balaban J connectivity index is 4.16. The average molecular weight is 168 g/mol. The molecule has 0 heterocycles. The van der Waals surface area contributed by atoms with Crippen molar-refractivity contribution in [2.24, 2.45) is 11.8 Å². The topological polar surface area (TPSA) is 0 Å². The molecule has 0 aliphatic heterocycles. The lowest BCUT2D eigenvalue weighted by atomic mass is 9.89. The molecule has 0 radical (unpaired) electrons. The Labute approximate surface area is 65.8 Å². The van der Waals surface area contributed by atoms with E-state index in [9.17, 15) is 13.2 Å². The molecule has 0 aliphatic rings. The Kier molecular flexibility index (Phi) is 3.90. The van der Waals surface area contributed by atoms with Gasteiger partial charge >= 0.3 is 6.18 Å². The molecule has 68 valence electrons. The number of rotatable bonds is 3. The summed E-state index contributed by atoms with van der Waals surface area (Å²) in [6, 6.07) is 0. The van der Waals surface area contributed by atoms with Crippen molar-refractivity contribution >= 4 is 0 Å². The van der Waals surface area contributed by atoms with Crippen LogP contribution >= 0.6 is 0 Å². The molecule has 0 fully saturated rings. The summed E-state index contributed by atoms with van der Waals surface area (Å²) in [5.74, 6) is -1.37. The van der Waals surface area contributed by atoms with Crippen molar-refractivity contribution in [2.45, 2.75) is 39.8 Å². The first-order chi connectivity index (χ1) is 4.93. The smallest absolute Gasteiger partial charge is 0.171 e. The fourth-order valence-corrected chi connectivity index (χ4v) is 1.24. The average Bonchev–Trinajstić information content (AvgIpc) is 1.86. The predicted molar refractivity (Wildman–Crippen MR) is 39.3 cm³/mol. The Hall–Kier alpha value is -0.210. The van der Waals surface area contributed by atoms with E-state index >= 15 is 0 Å². The number of hydrogen-bond donors (Lipinski definition) is 0. The van der Waals surface area contributed by atoms with Crippen LogP contribution in [0, 0.1) is 11.8 Å². The third kappa shape index (κ3) is 3.12. The van der Waals surface area contributed by atoms with E-state index in [2.05, 4.69) is 0 Å². The van der Waals surface area contributed by atoms with Crippen molar-refractivity contribution in [2.75, 3.05) is 0 Å². The van der Waals surface area contributed by atoms with Crippen LogP contribution in [0.4, 0.5) is 13.2 Å². The third-order valence-corrected chi connectivity index (χ3v) is 2.19. The van der Waals surface area contributed by atoms with Crippen LogP contribution in [0.5, 0.6) is 0 Å². The second-order valence-electron chi connectivity index (χ2n) is 2.94. The molecule has 0 rings (SSSR count). The molecule has 0 saturated heterocycles. The van der Waals surface area contributed by atoms with Gasteiger partial charge in [0.25, 0.3) is 0 Å². The van der Waals surface area contributed by atoms with Crippen LogP contribution in [0.3, 0.4) is 0 Å². The summed E-state index contributed by atoms with van der Waals surface area (Å²) in [6.45, 7) is 5.03. The molecule has 0 aliphatic carbocycles. The summed E-state index contributed by atoms with van der Waals surface area (Å²) in [5.41, 5.74) is 0. The molecule has 11 heavy (non-hydrogen) atoms. The van der Waals surface area contributed by atoms with Gasteiger partial charge in [-0.15, -0.1) is 0 Å². The van der Waals surface area contributed by atoms with Gasteiger partial charge in [-0.3, -0.25) is 0 Å². The normalized spacial score (nSPS) is 18.0. The second-order valence-corrected chi connectivity index (χ2v) is 2.94. The van der Waals surface area contributed by atoms with Crippen molar-refractivity contribution in [3.8, 4) is 0 Å². The molecule has 2 atom stereocenters. The molecule has 3 heteroatoms. The minimum atomic E-state index is -4.01. The first kappa shape index (κ1) is 10.8. The molecule has 0 aromatic carbocycles. The zero-order chi connectivity index (χ0) is 9.07. The summed E-state index contributed by atoms with van der Waals surface area (Å²) >= 11 is 0. The van der Waals surface area contributed by atoms with Crippen molar-refractivity contribution in [3.63, 3.8) is 0 Å². The van der Waals surface area contributed by atoms with Crippen LogP contribution in [0.25, 0.3) is 0 Å². The maximum absolute atomic E-state index is 12.2. The van der Waals surface area contributed by atoms with Gasteiger partial charge < -0.3 is 0 Å². The van der Waals surface area contributed by atoms with Gasteiger partial charge in [0, 0.05) is 0 Å². The van der Waals surface area contributed by atoms with E-state index in [0.717, 1.165) is 0 Å². The van der Waals surface area contributed by atoms with Crippen LogP contribution < -0.4 is 0 Å². The standard InChI is InChI=1S/C8H15F3/c1-4-6(3)7(5-2)8(9,10)11/h6-7H,4-5H2,1-3H3/t6-,7?/m0/s1. The summed E-state index contributed by atoms with van der Waals surface area (Å²) in [7, 11) is 0. The zero-order valence-corrected chi connectivity index (χ0v) is 7.20. The van der Waals surface area contributed by atoms with E-state index in [1.54, 1.807) is 20.8 Å². The van der Waals surface area contributed by atoms with Crippen LogP contribution in [-0.2, 0) is 0 Å². The number of halogens is 3. The lowest BCUT2D eigenvalue weighted by Crippen LogP contribution is -2.27. The van der Waals surface area contributed by atoms with Gasteiger partial charge in [-0.05, 0) is 12.3 Å². The first-order valence-corrected chi connectivity index (χ1v) is 4.00. The maximum atomic E-state index is 12.2. The van der Waals surface area contributed by atoms with Crippen molar-refractivity contribution < 1.29 is 13.2 Å². The van der Waals surface area contributed by atoms with Gasteiger partial charge in [-0.1, -0.05) is 27.2 Å². The predicted octanol–water partition coefficient (Wildman–Crippen LogP) is 3.62. The molecule has 0 aromatic heterocycles. The fourth-order valence-electron chi connectivity index (χ4n) is 1.24. The van der Waals surface area contributed by atoms with Gasteiger partial charge in [0.05, 0.1) is 5.92 Å². The van der Waals surface area contributed by atoms with E-state index in [-0.39, 0.29) is 12.3 Å². The first-order valence-electron chi connectivity index (χ1n) is 4.00. The third-order valence-electron chi connectivity index (χ3n) is 2.19. The van der Waals surface area contributed by atoms with Crippen molar-refractivity contribution in [1.29, 1.82) is 0 Å². The van der Waals surface area contributed by atoms with Crippen molar-refractivity contribution in [3.05, 3.63) is 0 Å². The van der Waals surface area contributed by atoms with Gasteiger partial charge in [0.2, 0.25) is 0 Å². The Morgan fingerprint density at radius 1 is 1.09 bits per heavy atom. The molecule has 0 aromatic rings. The molecule has 0 bridgehead atoms. The summed E-state index contributed by atoms with van der Waals surface area (Å²) in [6.07, 6.45) is -3.22. The number of alkyl halides is 3. The molecule has 0 amide bonds. The molecule has 0 saturated carbocycles. The van der Waals surface area contributed by atoms with Gasteiger partial charge in [0.15, 0.2) is 0 Å². The Morgan fingerprint density at radius 2 is 1.55 bits per heavy atom. The molecule has 0 N–H and O–H groups in total. The van der Waals surface area contributed by atoms with Crippen molar-refractivity contribution in [1.82, 2.24) is 0 Å². The summed E-state index contributed by atoms with van der Waals surface area (Å²) in [5, 5.41) is 0. The summed E-state index contributed by atoms with van der Waals surface area (Å²) < 4.78 is 36.5. The minimum Gasteiger partial charge on any atom is -0.171 e. The highest BCUT2D eigenvalue weighted by molar-refractivity contribution is 4.70. The minimum absolute atomic E-state index is 0.193. The highest BCUT2D eigenvalue weighted by atomic mass is 19.4. The molecule has 1 unspecified atom stereocenters. The van der Waals surface area contributed by atoms with E-state index in [1.165, 1.54) is 0 Å². The molecule has 0 nitrogen and oxygen atoms in total. The summed E-state index contributed by atoms with van der Waals surface area (Å²) in [4.78, 5) is 0. The largest absolute Gasteiger partial charge is 0.392 e. The maximum Gasteiger partial charge on any atom is 0.392 e. The van der Waals surface area contributed by atoms with Crippen LogP contribution in [0.15, 0.2) is 0 Å². The van der Waals surface area contributed by atoms with Crippen LogP contribution in [0.2, 0.25) is 0 Å².